The fourth-order valence-corrected chi connectivity index (χ4v) is 11.2. The first-order valence-corrected chi connectivity index (χ1v) is 15.8. The number of aromatic nitrogens is 1. The molecule has 0 N–H and O–H groups in total. The largest absolute Gasteiger partial charge is 0.260 e. The van der Waals surface area contributed by atoms with E-state index in [0.717, 1.165) is 5.69 Å². The third kappa shape index (κ3) is 14.7. The van der Waals surface area contributed by atoms with Gasteiger partial charge in [0.15, 0.2) is 0 Å². The second kappa shape index (κ2) is 27.3. The molecular formula is C36H31BrNO4P2Re-. The fraction of sp³-hybridized carbons (Fsp3) is 0.0833. The summed E-state index contributed by atoms with van der Waals surface area (Å²) in [6, 6.07) is 50.4. The molecule has 0 aliphatic rings. The van der Waals surface area contributed by atoms with Crippen molar-refractivity contribution in [3.05, 3.63) is 171 Å². The van der Waals surface area contributed by atoms with Gasteiger partial charge < -0.3 is 21.8 Å². The van der Waals surface area contributed by atoms with Crippen molar-refractivity contribution in [1.29, 1.82) is 0 Å². The van der Waals surface area contributed by atoms with E-state index in [1.807, 2.05) is 12.3 Å². The van der Waals surface area contributed by atoms with Crippen LogP contribution in [0, 0.1) is 20.0 Å². The Morgan fingerprint density at radius 3 is 1.00 bits per heavy atom. The number of ketones is 1. The molecule has 1 heterocycles. The Morgan fingerprint density at radius 2 is 0.778 bits per heavy atom. The molecule has 0 saturated carbocycles. The number of hydrogen-bond acceptors (Lipinski definition) is 2. The first-order chi connectivity index (χ1) is 21.1. The maximum atomic E-state index is 9.44. The monoisotopic (exact) mass is 869 g/mol. The van der Waals surface area contributed by atoms with Crippen molar-refractivity contribution in [3.8, 4) is 0 Å². The summed E-state index contributed by atoms with van der Waals surface area (Å²) < 4.78 is 22.5. The van der Waals surface area contributed by atoms with Crippen molar-refractivity contribution < 1.29 is 56.2 Å². The molecule has 1 radical (unpaired) electrons. The Kier molecular flexibility index (Phi) is 26.7. The quantitative estimate of drug-likeness (QED) is 0.142. The number of halogens is 1. The standard InChI is InChI=1S/C30H25NP2.C3H6O.3CO.BrH.Re/c1-5-15-25(16-6-1)32(26-17-7-2-8-18-26)30(29-23-13-14-24-31-29)33(27-19-9-3-10-20-27)28-21-11-4-12-22-28;1-3(2)4;3*1-2;;/h1-24,30H;1-2H3;;;;1H;/p-1. The first kappa shape index (κ1) is 44.0. The minimum Gasteiger partial charge on any atom is -0.260 e. The molecule has 0 atom stereocenters. The van der Waals surface area contributed by atoms with Gasteiger partial charge in [-0.3, -0.25) is 4.98 Å². The van der Waals surface area contributed by atoms with Gasteiger partial charge in [0.05, 0.1) is 11.1 Å². The second-order valence-electron chi connectivity index (χ2n) is 8.62. The fourth-order valence-electron chi connectivity index (χ4n) is 4.13. The smallest absolute Gasteiger partial charge is 0.0576 e. The van der Waals surface area contributed by atoms with Crippen LogP contribution >= 0.6 is 15.8 Å². The molecule has 0 saturated heterocycles. The summed E-state index contributed by atoms with van der Waals surface area (Å²) in [6.07, 6.45) is 1.94. The summed E-state index contributed by atoms with van der Waals surface area (Å²) in [5, 5.41) is 5.77. The number of benzene rings is 4. The number of Topliss-reactive ketones (excluding diaryl/α,β-unsaturated/α-hetero) is 1. The Hall–Kier alpha value is -3.08. The van der Waals surface area contributed by atoms with Crippen molar-refractivity contribution in [2.24, 2.45) is 0 Å². The Balaban J connectivity index is 0. The Labute approximate surface area is 293 Å². The summed E-state index contributed by atoms with van der Waals surface area (Å²) in [5.74, 6) is 0.167. The first-order valence-electron chi connectivity index (χ1n) is 12.9. The molecule has 0 spiro atoms. The van der Waals surface area contributed by atoms with E-state index in [0.29, 0.717) is 0 Å². The van der Waals surface area contributed by atoms with Crippen LogP contribution in [0.15, 0.2) is 146 Å². The molecule has 9 heteroatoms. The molecule has 5 aromatic rings. The van der Waals surface area contributed by atoms with Crippen molar-refractivity contribution in [3.63, 3.8) is 0 Å². The minimum atomic E-state index is -0.711. The molecule has 0 aliphatic carbocycles. The zero-order valence-electron chi connectivity index (χ0n) is 24.7. The van der Waals surface area contributed by atoms with Crippen molar-refractivity contribution in [1.82, 2.24) is 4.98 Å². The predicted octanol–water partition coefficient (Wildman–Crippen LogP) is 3.83. The molecule has 0 bridgehead atoms. The van der Waals surface area contributed by atoms with Gasteiger partial charge in [0.2, 0.25) is 0 Å². The van der Waals surface area contributed by atoms with E-state index >= 15 is 0 Å². The average Bonchev–Trinajstić information content (AvgIpc) is 3.09. The van der Waals surface area contributed by atoms with Gasteiger partial charge in [-0.1, -0.05) is 127 Å². The predicted molar refractivity (Wildman–Crippen MR) is 173 cm³/mol. The zero-order chi connectivity index (χ0) is 31.9. The van der Waals surface area contributed by atoms with Crippen LogP contribution in [0.5, 0.6) is 0 Å². The maximum absolute atomic E-state index is 9.44. The molecule has 45 heavy (non-hydrogen) atoms. The molecule has 0 aliphatic heterocycles. The van der Waals surface area contributed by atoms with Gasteiger partial charge >= 0.3 is 33.9 Å². The maximum Gasteiger partial charge on any atom is 0.0576 e. The zero-order valence-corrected chi connectivity index (χ0v) is 30.8. The van der Waals surface area contributed by atoms with Gasteiger partial charge in [-0.05, 0) is 63.0 Å². The van der Waals surface area contributed by atoms with Gasteiger partial charge in [-0.2, -0.15) is 0 Å². The topological polar surface area (TPSA) is 89.7 Å². The van der Waals surface area contributed by atoms with Crippen LogP contribution < -0.4 is 38.2 Å². The average molecular weight is 870 g/mol. The van der Waals surface area contributed by atoms with Gasteiger partial charge in [-0.15, -0.1) is 0 Å². The van der Waals surface area contributed by atoms with E-state index in [1.54, 1.807) is 0 Å². The summed E-state index contributed by atoms with van der Waals surface area (Å²) in [4.78, 5) is 14.4. The molecular weight excluding hydrogens is 838 g/mol. The van der Waals surface area contributed by atoms with Gasteiger partial charge in [0.25, 0.3) is 0 Å². The number of carbonyl (C=O) groups excluding carboxylic acids is 1. The molecule has 0 unspecified atom stereocenters. The molecule has 229 valence electrons. The number of pyridine rings is 1. The summed E-state index contributed by atoms with van der Waals surface area (Å²) in [6.45, 7) is 16.6. The number of nitrogens with zero attached hydrogens (tertiary/aromatic N) is 1. The van der Waals surface area contributed by atoms with Crippen LogP contribution in [-0.4, -0.2) is 10.8 Å². The van der Waals surface area contributed by atoms with E-state index in [9.17, 15) is 4.79 Å². The van der Waals surface area contributed by atoms with Gasteiger partial charge in [0.1, 0.15) is 5.78 Å². The minimum absolute atomic E-state index is 0. The van der Waals surface area contributed by atoms with Crippen molar-refractivity contribution in [2.75, 3.05) is 0 Å². The summed E-state index contributed by atoms with van der Waals surface area (Å²) in [5.41, 5.74) is 1.16. The Bertz CT molecular complexity index is 1330. The van der Waals surface area contributed by atoms with E-state index in [4.69, 9.17) is 18.9 Å². The van der Waals surface area contributed by atoms with E-state index in [1.165, 1.54) is 35.1 Å². The van der Waals surface area contributed by atoms with E-state index in [-0.39, 0.29) is 48.6 Å². The van der Waals surface area contributed by atoms with Crippen molar-refractivity contribution >= 4 is 42.8 Å². The Morgan fingerprint density at radius 1 is 0.533 bits per heavy atom. The third-order valence-corrected chi connectivity index (χ3v) is 11.9. The summed E-state index contributed by atoms with van der Waals surface area (Å²) in [7, 11) is -1.42. The number of hydrogen-bond donors (Lipinski definition) is 0. The number of carbonyl (C=O) groups is 1. The molecule has 0 fully saturated rings. The van der Waals surface area contributed by atoms with E-state index in [2.05, 4.69) is 153 Å². The second-order valence-corrected chi connectivity index (χ2v) is 13.6. The number of rotatable bonds is 7. The molecule has 4 aromatic carbocycles. The van der Waals surface area contributed by atoms with Gasteiger partial charge in [0, 0.05) is 26.6 Å². The molecule has 5 nitrogen and oxygen atoms in total. The van der Waals surface area contributed by atoms with Crippen LogP contribution in [0.4, 0.5) is 0 Å². The molecule has 0 amide bonds. The summed E-state index contributed by atoms with van der Waals surface area (Å²) >= 11 is 0. The van der Waals surface area contributed by atoms with Gasteiger partial charge in [-0.25, -0.2) is 0 Å². The third-order valence-electron chi connectivity index (χ3n) is 5.58. The van der Waals surface area contributed by atoms with Crippen LogP contribution in [0.2, 0.25) is 0 Å². The molecule has 1 aromatic heterocycles. The molecule has 5 rings (SSSR count). The van der Waals surface area contributed by atoms with Crippen LogP contribution in [0.25, 0.3) is 0 Å². The normalized spacial score (nSPS) is 8.96. The SMILES string of the molecule is CC(C)=O.[Br-].[C-]#[O+].[C-]#[O+].[C-]#[O+].[Re].c1ccc(P(c2ccccc2)C(c2ccccn2)P(c2ccccc2)c2ccccc2)cc1. The van der Waals surface area contributed by atoms with Crippen molar-refractivity contribution in [2.45, 2.75) is 19.2 Å². The van der Waals surface area contributed by atoms with E-state index < -0.39 is 15.8 Å². The van der Waals surface area contributed by atoms with Crippen LogP contribution in [-0.2, 0) is 39.2 Å². The van der Waals surface area contributed by atoms with Crippen LogP contribution in [0.1, 0.15) is 24.9 Å². The van der Waals surface area contributed by atoms with Crippen LogP contribution in [0.3, 0.4) is 0 Å².